The monoisotopic (exact) mass is 324 g/mol. The molecule has 1 atom stereocenters. The predicted octanol–water partition coefficient (Wildman–Crippen LogP) is 1.40. The van der Waals surface area contributed by atoms with Crippen molar-refractivity contribution in [2.24, 2.45) is 5.41 Å². The van der Waals surface area contributed by atoms with Crippen LogP contribution in [0.1, 0.15) is 29.6 Å². The molecule has 4 rings (SSSR count). The predicted molar refractivity (Wildman–Crippen MR) is 88.5 cm³/mol. The van der Waals surface area contributed by atoms with Crippen molar-refractivity contribution in [1.82, 2.24) is 25.1 Å². The summed E-state index contributed by atoms with van der Waals surface area (Å²) in [6.07, 6.45) is 9.95. The number of amides is 1. The minimum Gasteiger partial charge on any atom is -0.340 e. The summed E-state index contributed by atoms with van der Waals surface area (Å²) in [6.45, 7) is 3.48. The molecule has 0 bridgehead atoms. The van der Waals surface area contributed by atoms with Crippen molar-refractivity contribution in [2.45, 2.75) is 19.3 Å². The molecule has 1 amide bonds. The number of piperidine rings is 1. The van der Waals surface area contributed by atoms with Crippen LogP contribution < -0.4 is 4.90 Å². The molecule has 124 valence electrons. The molecule has 2 aromatic rings. The summed E-state index contributed by atoms with van der Waals surface area (Å²) >= 11 is 0. The number of aromatic nitrogens is 4. The van der Waals surface area contributed by atoms with Crippen LogP contribution in [0.4, 0.5) is 5.95 Å². The number of rotatable bonds is 2. The Bertz CT molecular complexity index is 710. The van der Waals surface area contributed by atoms with Crippen molar-refractivity contribution in [1.29, 1.82) is 0 Å². The van der Waals surface area contributed by atoms with E-state index in [1.165, 1.54) is 6.20 Å². The molecular formula is C17H20N6O. The molecule has 7 heteroatoms. The zero-order valence-electron chi connectivity index (χ0n) is 13.5. The summed E-state index contributed by atoms with van der Waals surface area (Å²) in [5, 5.41) is 7.55. The van der Waals surface area contributed by atoms with E-state index in [4.69, 9.17) is 0 Å². The van der Waals surface area contributed by atoms with Crippen LogP contribution >= 0.6 is 0 Å². The topological polar surface area (TPSA) is 75.1 Å². The van der Waals surface area contributed by atoms with E-state index in [9.17, 15) is 4.79 Å². The highest BCUT2D eigenvalue weighted by Crippen LogP contribution is 2.40. The second kappa shape index (κ2) is 6.14. The highest BCUT2D eigenvalue weighted by Gasteiger charge is 2.43. The van der Waals surface area contributed by atoms with E-state index in [1.807, 2.05) is 11.0 Å². The molecule has 2 aromatic heterocycles. The van der Waals surface area contributed by atoms with Gasteiger partial charge in [0.2, 0.25) is 5.95 Å². The molecular weight excluding hydrogens is 304 g/mol. The van der Waals surface area contributed by atoms with Crippen LogP contribution in [-0.4, -0.2) is 57.2 Å². The molecule has 0 radical (unpaired) electrons. The Labute approximate surface area is 140 Å². The van der Waals surface area contributed by atoms with Gasteiger partial charge in [0.25, 0.3) is 5.91 Å². The van der Waals surface area contributed by atoms with Gasteiger partial charge in [-0.25, -0.2) is 9.97 Å². The van der Waals surface area contributed by atoms with Crippen LogP contribution in [0.2, 0.25) is 0 Å². The first-order chi connectivity index (χ1) is 11.8. The lowest BCUT2D eigenvalue weighted by atomic mass is 9.79. The number of likely N-dealkylation sites (tertiary alicyclic amines) is 1. The third-order valence-electron chi connectivity index (χ3n) is 5.05. The van der Waals surface area contributed by atoms with Crippen molar-refractivity contribution < 1.29 is 4.79 Å². The van der Waals surface area contributed by atoms with Crippen molar-refractivity contribution in [3.8, 4) is 0 Å². The van der Waals surface area contributed by atoms with E-state index in [2.05, 4.69) is 25.1 Å². The maximum absolute atomic E-state index is 12.6. The first kappa shape index (κ1) is 15.0. The molecule has 0 unspecified atom stereocenters. The zero-order valence-corrected chi connectivity index (χ0v) is 13.5. The Morgan fingerprint density at radius 1 is 1.04 bits per heavy atom. The standard InChI is InChI=1S/C17H20N6O/c24-15(14-3-8-20-21-11-14)22-10-5-17(12-22)4-1-9-23(13-17)16-18-6-2-7-19-16/h2-3,6-8,11H,1,4-5,9-10,12-13H2/t17-/m0/s1. The second-order valence-electron chi connectivity index (χ2n) is 6.68. The maximum atomic E-state index is 12.6. The summed E-state index contributed by atoms with van der Waals surface area (Å²) in [7, 11) is 0. The number of carbonyl (C=O) groups excluding carboxylic acids is 1. The van der Waals surface area contributed by atoms with E-state index in [1.54, 1.807) is 24.7 Å². The number of hydrogen-bond donors (Lipinski definition) is 0. The Balaban J connectivity index is 1.48. The molecule has 2 saturated heterocycles. The summed E-state index contributed by atoms with van der Waals surface area (Å²) in [5.74, 6) is 0.842. The van der Waals surface area contributed by atoms with Gasteiger partial charge in [0.1, 0.15) is 0 Å². The lowest BCUT2D eigenvalue weighted by Gasteiger charge is -2.40. The van der Waals surface area contributed by atoms with Gasteiger partial charge in [0, 0.05) is 44.0 Å². The largest absolute Gasteiger partial charge is 0.340 e. The normalized spacial score (nSPS) is 23.7. The van der Waals surface area contributed by atoms with E-state index in [0.717, 1.165) is 51.4 Å². The fraction of sp³-hybridized carbons (Fsp3) is 0.471. The molecule has 0 N–H and O–H groups in total. The van der Waals surface area contributed by atoms with Gasteiger partial charge >= 0.3 is 0 Å². The van der Waals surface area contributed by atoms with Crippen molar-refractivity contribution in [3.63, 3.8) is 0 Å². The van der Waals surface area contributed by atoms with Gasteiger partial charge in [-0.1, -0.05) is 0 Å². The molecule has 2 fully saturated rings. The zero-order chi connectivity index (χ0) is 16.4. The second-order valence-corrected chi connectivity index (χ2v) is 6.68. The Morgan fingerprint density at radius 3 is 2.71 bits per heavy atom. The van der Waals surface area contributed by atoms with Gasteiger partial charge in [0.15, 0.2) is 0 Å². The van der Waals surface area contributed by atoms with Gasteiger partial charge in [-0.2, -0.15) is 10.2 Å². The minimum absolute atomic E-state index is 0.0508. The first-order valence-electron chi connectivity index (χ1n) is 8.34. The SMILES string of the molecule is O=C(c1ccnnc1)N1CC[C@@]2(CCCN(c3ncccn3)C2)C1. The molecule has 0 aliphatic carbocycles. The minimum atomic E-state index is 0.0508. The van der Waals surface area contributed by atoms with Gasteiger partial charge in [-0.3, -0.25) is 4.79 Å². The van der Waals surface area contributed by atoms with Crippen LogP contribution in [0.5, 0.6) is 0 Å². The lowest BCUT2D eigenvalue weighted by molar-refractivity contribution is 0.0766. The number of nitrogens with zero attached hydrogens (tertiary/aromatic N) is 6. The molecule has 2 aliphatic heterocycles. The van der Waals surface area contributed by atoms with Crippen LogP contribution in [0, 0.1) is 5.41 Å². The number of hydrogen-bond acceptors (Lipinski definition) is 6. The fourth-order valence-corrected chi connectivity index (χ4v) is 3.87. The van der Waals surface area contributed by atoms with Crippen LogP contribution in [0.3, 0.4) is 0 Å². The maximum Gasteiger partial charge on any atom is 0.255 e. The summed E-state index contributed by atoms with van der Waals surface area (Å²) in [4.78, 5) is 25.6. The van der Waals surface area contributed by atoms with Crippen molar-refractivity contribution in [2.75, 3.05) is 31.1 Å². The van der Waals surface area contributed by atoms with Crippen LogP contribution in [0.15, 0.2) is 36.9 Å². The molecule has 0 aromatic carbocycles. The van der Waals surface area contributed by atoms with Gasteiger partial charge in [0.05, 0.1) is 18.0 Å². The fourth-order valence-electron chi connectivity index (χ4n) is 3.87. The van der Waals surface area contributed by atoms with E-state index in [-0.39, 0.29) is 11.3 Å². The van der Waals surface area contributed by atoms with Gasteiger partial charge < -0.3 is 9.80 Å². The van der Waals surface area contributed by atoms with E-state index < -0.39 is 0 Å². The molecule has 4 heterocycles. The summed E-state index contributed by atoms with van der Waals surface area (Å²) < 4.78 is 0. The van der Waals surface area contributed by atoms with Crippen molar-refractivity contribution >= 4 is 11.9 Å². The molecule has 0 saturated carbocycles. The third kappa shape index (κ3) is 2.81. The molecule has 7 nitrogen and oxygen atoms in total. The van der Waals surface area contributed by atoms with E-state index >= 15 is 0 Å². The Kier molecular flexibility index (Phi) is 3.84. The van der Waals surface area contributed by atoms with Gasteiger partial charge in [-0.15, -0.1) is 0 Å². The van der Waals surface area contributed by atoms with Crippen molar-refractivity contribution in [3.05, 3.63) is 42.5 Å². The number of anilines is 1. The van der Waals surface area contributed by atoms with E-state index in [0.29, 0.717) is 5.56 Å². The lowest BCUT2D eigenvalue weighted by Crippen LogP contribution is -2.46. The average Bonchev–Trinajstić information content (AvgIpc) is 3.06. The first-order valence-corrected chi connectivity index (χ1v) is 8.34. The Hall–Kier alpha value is -2.57. The summed E-state index contributed by atoms with van der Waals surface area (Å²) in [5.41, 5.74) is 0.759. The molecule has 2 aliphatic rings. The Morgan fingerprint density at radius 2 is 1.92 bits per heavy atom. The van der Waals surface area contributed by atoms with Crippen LogP contribution in [0.25, 0.3) is 0 Å². The molecule has 1 spiro atoms. The third-order valence-corrected chi connectivity index (χ3v) is 5.05. The smallest absolute Gasteiger partial charge is 0.255 e. The average molecular weight is 324 g/mol. The number of carbonyl (C=O) groups is 1. The van der Waals surface area contributed by atoms with Crippen LogP contribution in [-0.2, 0) is 0 Å². The quantitative estimate of drug-likeness (QED) is 0.831. The molecule has 24 heavy (non-hydrogen) atoms. The highest BCUT2D eigenvalue weighted by atomic mass is 16.2. The summed E-state index contributed by atoms with van der Waals surface area (Å²) in [6, 6.07) is 3.56. The highest BCUT2D eigenvalue weighted by molar-refractivity contribution is 5.94. The van der Waals surface area contributed by atoms with Gasteiger partial charge in [-0.05, 0) is 31.4 Å².